The number of rotatable bonds is 4. The summed E-state index contributed by atoms with van der Waals surface area (Å²) in [5, 5.41) is 2.25. The van der Waals surface area contributed by atoms with Crippen molar-refractivity contribution in [1.82, 2.24) is 0 Å². The highest BCUT2D eigenvalue weighted by atomic mass is 16.5. The highest BCUT2D eigenvalue weighted by Gasteiger charge is 2.51. The second kappa shape index (κ2) is 12.5. The normalized spacial score (nSPS) is 14.5. The van der Waals surface area contributed by atoms with Crippen molar-refractivity contribution >= 4 is 39.0 Å². The summed E-state index contributed by atoms with van der Waals surface area (Å²) < 4.78 is 13.8. The van der Waals surface area contributed by atoms with Crippen LogP contribution in [-0.2, 0) is 10.8 Å². The van der Waals surface area contributed by atoms with E-state index in [4.69, 9.17) is 9.15 Å². The van der Waals surface area contributed by atoms with Gasteiger partial charge < -0.3 is 14.1 Å². The van der Waals surface area contributed by atoms with Crippen LogP contribution in [0.4, 0.5) is 17.1 Å². The highest BCUT2D eigenvalue weighted by molar-refractivity contribution is 6.09. The van der Waals surface area contributed by atoms with Gasteiger partial charge in [-0.1, -0.05) is 172 Å². The zero-order valence-electron chi connectivity index (χ0n) is 33.8. The summed E-state index contributed by atoms with van der Waals surface area (Å²) in [6.45, 7) is 4.70. The molecule has 3 nitrogen and oxygen atoms in total. The fourth-order valence-electron chi connectivity index (χ4n) is 11.1. The molecule has 3 heteroatoms. The highest BCUT2D eigenvalue weighted by Crippen LogP contribution is 2.64. The molecule has 1 aromatic heterocycles. The first-order valence-electron chi connectivity index (χ1n) is 21.2. The summed E-state index contributed by atoms with van der Waals surface area (Å²) in [7, 11) is 0. The third kappa shape index (κ3) is 4.58. The number of hydrogen-bond acceptors (Lipinski definition) is 3. The van der Waals surface area contributed by atoms with Gasteiger partial charge in [0.1, 0.15) is 16.9 Å². The monoisotopic (exact) mass is 781 g/mol. The number of fused-ring (bicyclic) bond motifs is 15. The molecule has 9 aromatic carbocycles. The first kappa shape index (κ1) is 34.3. The van der Waals surface area contributed by atoms with E-state index in [9.17, 15) is 0 Å². The minimum atomic E-state index is -0.574. The molecule has 288 valence electrons. The molecule has 0 fully saturated rings. The van der Waals surface area contributed by atoms with Crippen molar-refractivity contribution in [1.29, 1.82) is 0 Å². The smallest absolute Gasteiger partial charge is 0.156 e. The Balaban J connectivity index is 1.05. The van der Waals surface area contributed by atoms with E-state index >= 15 is 0 Å². The van der Waals surface area contributed by atoms with Gasteiger partial charge in [-0.05, 0) is 92.5 Å². The van der Waals surface area contributed by atoms with E-state index in [0.717, 1.165) is 72.8 Å². The third-order valence-electron chi connectivity index (χ3n) is 13.8. The molecule has 1 aliphatic heterocycles. The fraction of sp³-hybridized carbons (Fsp3) is 0.0690. The Kier molecular flexibility index (Phi) is 6.99. The first-order valence-corrected chi connectivity index (χ1v) is 21.2. The fourth-order valence-corrected chi connectivity index (χ4v) is 11.1. The Hall–Kier alpha value is -7.62. The van der Waals surface area contributed by atoms with Crippen LogP contribution in [0.5, 0.6) is 11.5 Å². The molecule has 13 rings (SSSR count). The lowest BCUT2D eigenvalue weighted by molar-refractivity contribution is 0.437. The number of para-hydroxylation sites is 4. The maximum absolute atomic E-state index is 7.25. The SMILES string of the molecule is CC1(C)c2ccccc2-c2ccc(N(c3ccc(-c4cccc5c4oc4ccccc45)cc3)c3cccc4c3Oc3ccccc3C43c4ccccc4-c4ccccc43)cc21. The van der Waals surface area contributed by atoms with E-state index in [-0.39, 0.29) is 5.41 Å². The first-order chi connectivity index (χ1) is 30.0. The van der Waals surface area contributed by atoms with Gasteiger partial charge in [0.25, 0.3) is 0 Å². The summed E-state index contributed by atoms with van der Waals surface area (Å²) in [6, 6.07) is 72.7. The van der Waals surface area contributed by atoms with Crippen LogP contribution in [0, 0.1) is 0 Å². The molecule has 10 aromatic rings. The van der Waals surface area contributed by atoms with Gasteiger partial charge in [0.05, 0.1) is 11.1 Å². The van der Waals surface area contributed by atoms with Gasteiger partial charge in [-0.15, -0.1) is 0 Å². The Labute approximate surface area is 354 Å². The van der Waals surface area contributed by atoms with E-state index in [1.807, 2.05) is 12.1 Å². The van der Waals surface area contributed by atoms with Gasteiger partial charge in [0, 0.05) is 44.3 Å². The maximum Gasteiger partial charge on any atom is 0.156 e. The largest absolute Gasteiger partial charge is 0.455 e. The average molecular weight is 782 g/mol. The van der Waals surface area contributed by atoms with Crippen LogP contribution >= 0.6 is 0 Å². The number of furan rings is 1. The molecule has 0 N–H and O–H groups in total. The van der Waals surface area contributed by atoms with Gasteiger partial charge in [0.15, 0.2) is 5.75 Å². The van der Waals surface area contributed by atoms with E-state index in [1.54, 1.807) is 0 Å². The number of hydrogen-bond donors (Lipinski definition) is 0. The van der Waals surface area contributed by atoms with E-state index in [0.29, 0.717) is 0 Å². The number of benzene rings is 9. The average Bonchev–Trinajstić information content (AvgIpc) is 3.91. The van der Waals surface area contributed by atoms with E-state index in [1.165, 1.54) is 44.5 Å². The predicted octanol–water partition coefficient (Wildman–Crippen LogP) is 15.5. The quantitative estimate of drug-likeness (QED) is 0.178. The zero-order valence-corrected chi connectivity index (χ0v) is 33.8. The Bertz CT molecular complexity index is 3400. The molecule has 0 amide bonds. The summed E-state index contributed by atoms with van der Waals surface area (Å²) in [5.41, 5.74) is 18.9. The lowest BCUT2D eigenvalue weighted by Gasteiger charge is -2.41. The molecule has 0 saturated carbocycles. The maximum atomic E-state index is 7.25. The molecular formula is C58H39NO2. The number of ether oxygens (including phenoxy) is 1. The second-order valence-electron chi connectivity index (χ2n) is 17.2. The van der Waals surface area contributed by atoms with E-state index in [2.05, 4.69) is 207 Å². The molecule has 1 spiro atoms. The Morgan fingerprint density at radius 1 is 0.410 bits per heavy atom. The van der Waals surface area contributed by atoms with Crippen LogP contribution in [-0.4, -0.2) is 0 Å². The van der Waals surface area contributed by atoms with Gasteiger partial charge in [-0.25, -0.2) is 0 Å². The van der Waals surface area contributed by atoms with Crippen molar-refractivity contribution in [3.8, 4) is 44.9 Å². The Morgan fingerprint density at radius 2 is 0.967 bits per heavy atom. The molecule has 2 aliphatic carbocycles. The predicted molar refractivity (Wildman–Crippen MR) is 249 cm³/mol. The van der Waals surface area contributed by atoms with Crippen LogP contribution in [0.3, 0.4) is 0 Å². The number of anilines is 3. The van der Waals surface area contributed by atoms with Gasteiger partial charge in [0.2, 0.25) is 0 Å². The lowest BCUT2D eigenvalue weighted by atomic mass is 9.66. The topological polar surface area (TPSA) is 25.6 Å². The molecule has 0 radical (unpaired) electrons. The van der Waals surface area contributed by atoms with Gasteiger partial charge in [-0.3, -0.25) is 0 Å². The van der Waals surface area contributed by atoms with Gasteiger partial charge >= 0.3 is 0 Å². The third-order valence-corrected chi connectivity index (χ3v) is 13.8. The molecule has 0 unspecified atom stereocenters. The molecule has 0 atom stereocenters. The molecule has 61 heavy (non-hydrogen) atoms. The number of nitrogens with zero attached hydrogens (tertiary/aromatic N) is 1. The van der Waals surface area contributed by atoms with Crippen LogP contribution in [0.2, 0.25) is 0 Å². The van der Waals surface area contributed by atoms with Gasteiger partial charge in [-0.2, -0.15) is 0 Å². The van der Waals surface area contributed by atoms with Crippen molar-refractivity contribution in [2.75, 3.05) is 4.90 Å². The Morgan fingerprint density at radius 3 is 1.74 bits per heavy atom. The molecule has 2 heterocycles. The van der Waals surface area contributed by atoms with Crippen molar-refractivity contribution in [3.63, 3.8) is 0 Å². The summed E-state index contributed by atoms with van der Waals surface area (Å²) in [6.07, 6.45) is 0. The van der Waals surface area contributed by atoms with E-state index < -0.39 is 5.41 Å². The van der Waals surface area contributed by atoms with Crippen LogP contribution in [0.15, 0.2) is 205 Å². The molecule has 0 bridgehead atoms. The molecule has 0 saturated heterocycles. The second-order valence-corrected chi connectivity index (χ2v) is 17.2. The minimum Gasteiger partial charge on any atom is -0.455 e. The summed E-state index contributed by atoms with van der Waals surface area (Å²) in [4.78, 5) is 2.40. The van der Waals surface area contributed by atoms with Crippen molar-refractivity contribution in [2.24, 2.45) is 0 Å². The zero-order chi connectivity index (χ0) is 40.5. The summed E-state index contributed by atoms with van der Waals surface area (Å²) in [5.74, 6) is 1.72. The minimum absolute atomic E-state index is 0.171. The van der Waals surface area contributed by atoms with Crippen LogP contribution in [0.25, 0.3) is 55.3 Å². The molecule has 3 aliphatic rings. The van der Waals surface area contributed by atoms with Crippen molar-refractivity contribution in [2.45, 2.75) is 24.7 Å². The van der Waals surface area contributed by atoms with Crippen molar-refractivity contribution < 1.29 is 9.15 Å². The van der Waals surface area contributed by atoms with Crippen LogP contribution in [0.1, 0.15) is 47.2 Å². The van der Waals surface area contributed by atoms with Crippen molar-refractivity contribution in [3.05, 3.63) is 234 Å². The lowest BCUT2D eigenvalue weighted by Crippen LogP contribution is -2.32. The molecular weight excluding hydrogens is 743 g/mol. The summed E-state index contributed by atoms with van der Waals surface area (Å²) >= 11 is 0. The standard InChI is InChI=1S/C58H39NO2/c1-57(2)46-21-7-3-15-40(46)43-34-33-38(35-51(43)57)59(37-31-29-36(30-32-37)39-19-13-20-45-44-18-6-11-27-53(44)60-55(39)45)52-26-14-25-50-56(52)61-54-28-12-10-24-49(54)58(50)47-22-8-4-16-41(47)42-17-5-9-23-48(42)58/h3-35H,1-2H3. The van der Waals surface area contributed by atoms with Crippen LogP contribution < -0.4 is 9.64 Å².